The number of rotatable bonds is 8. The lowest BCUT2D eigenvalue weighted by Crippen LogP contribution is -2.29. The molecule has 0 atom stereocenters. The van der Waals surface area contributed by atoms with E-state index in [4.69, 9.17) is 4.74 Å². The number of para-hydroxylation sites is 2. The molecule has 0 aromatic heterocycles. The van der Waals surface area contributed by atoms with E-state index in [-0.39, 0.29) is 16.9 Å². The number of esters is 1. The van der Waals surface area contributed by atoms with Crippen molar-refractivity contribution >= 4 is 41.1 Å². The van der Waals surface area contributed by atoms with Crippen LogP contribution in [0.2, 0.25) is 0 Å². The van der Waals surface area contributed by atoms with Gasteiger partial charge in [-0.05, 0) is 35.9 Å². The summed E-state index contributed by atoms with van der Waals surface area (Å²) in [5, 5.41) is 7.75. The van der Waals surface area contributed by atoms with Crippen molar-refractivity contribution < 1.29 is 23.9 Å². The van der Waals surface area contributed by atoms with Crippen LogP contribution in [0.4, 0.5) is 11.4 Å². The Bertz CT molecular complexity index is 1210. The van der Waals surface area contributed by atoms with E-state index in [1.54, 1.807) is 72.8 Å². The summed E-state index contributed by atoms with van der Waals surface area (Å²) in [5.74, 6) is -2.38. The first-order chi connectivity index (χ1) is 16.4. The van der Waals surface area contributed by atoms with Crippen LogP contribution < -0.4 is 16.0 Å². The molecule has 3 N–H and O–H groups in total. The number of hydrogen-bond acceptors (Lipinski definition) is 5. The van der Waals surface area contributed by atoms with Crippen molar-refractivity contribution in [3.05, 3.63) is 102 Å². The van der Waals surface area contributed by atoms with Crippen LogP contribution in [0.1, 0.15) is 22.8 Å². The molecule has 3 aromatic carbocycles. The topological polar surface area (TPSA) is 114 Å². The van der Waals surface area contributed by atoms with E-state index in [0.29, 0.717) is 11.3 Å². The molecule has 0 saturated carbocycles. The Morgan fingerprint density at radius 2 is 1.41 bits per heavy atom. The van der Waals surface area contributed by atoms with E-state index < -0.39 is 30.3 Å². The molecule has 3 aromatic rings. The molecule has 172 valence electrons. The summed E-state index contributed by atoms with van der Waals surface area (Å²) < 4.78 is 5.07. The SMILES string of the molecule is CC(=O)N/C(=C/c1ccccc1)C(=O)OCC(=O)Nc1ccccc1C(=O)Nc1ccccc1. The van der Waals surface area contributed by atoms with Crippen molar-refractivity contribution in [2.75, 3.05) is 17.2 Å². The second-order valence-electron chi connectivity index (χ2n) is 7.14. The first kappa shape index (κ1) is 23.9. The molecule has 0 bridgehead atoms. The Kier molecular flexibility index (Phi) is 8.29. The van der Waals surface area contributed by atoms with Crippen molar-refractivity contribution in [1.29, 1.82) is 0 Å². The van der Waals surface area contributed by atoms with Crippen LogP contribution in [-0.4, -0.2) is 30.3 Å². The first-order valence-electron chi connectivity index (χ1n) is 10.4. The molecule has 8 heteroatoms. The minimum absolute atomic E-state index is 0.103. The third-order valence-corrected chi connectivity index (χ3v) is 4.45. The molecule has 34 heavy (non-hydrogen) atoms. The number of anilines is 2. The van der Waals surface area contributed by atoms with Crippen molar-refractivity contribution in [2.24, 2.45) is 0 Å². The Balaban J connectivity index is 1.64. The molecular weight excluding hydrogens is 434 g/mol. The fourth-order valence-electron chi connectivity index (χ4n) is 2.96. The van der Waals surface area contributed by atoms with Gasteiger partial charge in [-0.25, -0.2) is 4.79 Å². The number of nitrogens with one attached hydrogen (secondary N) is 3. The van der Waals surface area contributed by atoms with E-state index in [9.17, 15) is 19.2 Å². The zero-order valence-corrected chi connectivity index (χ0v) is 18.4. The summed E-state index contributed by atoms with van der Waals surface area (Å²) in [6.07, 6.45) is 1.45. The lowest BCUT2D eigenvalue weighted by molar-refractivity contribution is -0.144. The largest absolute Gasteiger partial charge is 0.451 e. The third kappa shape index (κ3) is 7.16. The number of carbonyl (C=O) groups is 4. The minimum Gasteiger partial charge on any atom is -0.451 e. The van der Waals surface area contributed by atoms with Gasteiger partial charge in [0.1, 0.15) is 5.70 Å². The fraction of sp³-hybridized carbons (Fsp3) is 0.0769. The Morgan fingerprint density at radius 1 is 0.794 bits per heavy atom. The molecule has 0 aliphatic carbocycles. The van der Waals surface area contributed by atoms with E-state index in [1.807, 2.05) is 12.1 Å². The normalized spacial score (nSPS) is 10.7. The van der Waals surface area contributed by atoms with Crippen LogP contribution in [0.3, 0.4) is 0 Å². The van der Waals surface area contributed by atoms with Crippen molar-refractivity contribution in [3.8, 4) is 0 Å². The van der Waals surface area contributed by atoms with Crippen LogP contribution in [-0.2, 0) is 19.1 Å². The summed E-state index contributed by atoms with van der Waals surface area (Å²) in [7, 11) is 0. The molecule has 0 aliphatic heterocycles. The molecule has 8 nitrogen and oxygen atoms in total. The standard InChI is InChI=1S/C26H23N3O5/c1-18(30)27-23(16-19-10-4-2-5-11-19)26(33)34-17-24(31)29-22-15-9-8-14-21(22)25(32)28-20-12-6-3-7-13-20/h2-16H,17H2,1H3,(H,27,30)(H,28,32)(H,29,31)/b23-16+. The maximum atomic E-state index is 12.7. The Hall–Kier alpha value is -4.72. The summed E-state index contributed by atoms with van der Waals surface area (Å²) >= 11 is 0. The van der Waals surface area contributed by atoms with Gasteiger partial charge in [-0.1, -0.05) is 60.7 Å². The van der Waals surface area contributed by atoms with Gasteiger partial charge in [-0.2, -0.15) is 0 Å². The number of benzene rings is 3. The van der Waals surface area contributed by atoms with Gasteiger partial charge >= 0.3 is 5.97 Å². The summed E-state index contributed by atoms with van der Waals surface area (Å²) in [5.41, 5.74) is 1.69. The molecule has 0 radical (unpaired) electrons. The Morgan fingerprint density at radius 3 is 2.09 bits per heavy atom. The lowest BCUT2D eigenvalue weighted by atomic mass is 10.1. The van der Waals surface area contributed by atoms with Crippen molar-refractivity contribution in [3.63, 3.8) is 0 Å². The number of hydrogen-bond donors (Lipinski definition) is 3. The van der Waals surface area contributed by atoms with Crippen LogP contribution in [0.25, 0.3) is 6.08 Å². The highest BCUT2D eigenvalue weighted by molar-refractivity contribution is 6.10. The quantitative estimate of drug-likeness (QED) is 0.353. The molecule has 3 rings (SSSR count). The summed E-state index contributed by atoms with van der Waals surface area (Å²) in [6.45, 7) is 0.648. The van der Waals surface area contributed by atoms with Gasteiger partial charge in [0.15, 0.2) is 6.61 Å². The van der Waals surface area contributed by atoms with Crippen molar-refractivity contribution in [2.45, 2.75) is 6.92 Å². The van der Waals surface area contributed by atoms with Crippen LogP contribution in [0.15, 0.2) is 90.6 Å². The van der Waals surface area contributed by atoms with Gasteiger partial charge in [0, 0.05) is 12.6 Å². The molecule has 3 amide bonds. The van der Waals surface area contributed by atoms with Gasteiger partial charge < -0.3 is 20.7 Å². The minimum atomic E-state index is -0.871. The third-order valence-electron chi connectivity index (χ3n) is 4.45. The smallest absolute Gasteiger partial charge is 0.355 e. The average Bonchev–Trinajstić information content (AvgIpc) is 2.83. The van der Waals surface area contributed by atoms with Crippen LogP contribution >= 0.6 is 0 Å². The molecule has 0 heterocycles. The maximum Gasteiger partial charge on any atom is 0.355 e. The lowest BCUT2D eigenvalue weighted by Gasteiger charge is -2.12. The zero-order valence-electron chi connectivity index (χ0n) is 18.4. The maximum absolute atomic E-state index is 12.7. The second-order valence-corrected chi connectivity index (χ2v) is 7.14. The molecule has 0 saturated heterocycles. The predicted molar refractivity (Wildman–Crippen MR) is 129 cm³/mol. The van der Waals surface area contributed by atoms with Gasteiger partial charge in [0.2, 0.25) is 5.91 Å². The van der Waals surface area contributed by atoms with E-state index in [2.05, 4.69) is 16.0 Å². The van der Waals surface area contributed by atoms with Gasteiger partial charge in [-0.3, -0.25) is 14.4 Å². The second kappa shape index (κ2) is 11.8. The predicted octanol–water partition coefficient (Wildman–Crippen LogP) is 3.60. The molecule has 0 spiro atoms. The van der Waals surface area contributed by atoms with Crippen molar-refractivity contribution in [1.82, 2.24) is 5.32 Å². The molecule has 0 fully saturated rings. The molecule has 0 unspecified atom stereocenters. The molecular formula is C26H23N3O5. The first-order valence-corrected chi connectivity index (χ1v) is 10.4. The Labute approximate surface area is 196 Å². The van der Waals surface area contributed by atoms with E-state index in [1.165, 1.54) is 13.0 Å². The van der Waals surface area contributed by atoms with Gasteiger partial charge in [-0.15, -0.1) is 0 Å². The summed E-state index contributed by atoms with van der Waals surface area (Å²) in [4.78, 5) is 49.0. The summed E-state index contributed by atoms with van der Waals surface area (Å²) in [6, 6.07) is 24.2. The highest BCUT2D eigenvalue weighted by Crippen LogP contribution is 2.17. The molecule has 0 aliphatic rings. The zero-order chi connectivity index (χ0) is 24.3. The van der Waals surface area contributed by atoms with E-state index in [0.717, 1.165) is 0 Å². The number of carbonyl (C=O) groups excluding carboxylic acids is 4. The van der Waals surface area contributed by atoms with Crippen LogP contribution in [0.5, 0.6) is 0 Å². The average molecular weight is 457 g/mol. The van der Waals surface area contributed by atoms with E-state index >= 15 is 0 Å². The monoisotopic (exact) mass is 457 g/mol. The highest BCUT2D eigenvalue weighted by Gasteiger charge is 2.17. The number of ether oxygens (including phenoxy) is 1. The highest BCUT2D eigenvalue weighted by atomic mass is 16.5. The fourth-order valence-corrected chi connectivity index (χ4v) is 2.96. The van der Waals surface area contributed by atoms with Gasteiger partial charge in [0.05, 0.1) is 11.3 Å². The van der Waals surface area contributed by atoms with Crippen LogP contribution in [0, 0.1) is 0 Å². The van der Waals surface area contributed by atoms with Gasteiger partial charge in [0.25, 0.3) is 11.8 Å². The number of amides is 3.